The van der Waals surface area contributed by atoms with Crippen LogP contribution in [0.2, 0.25) is 0 Å². The Bertz CT molecular complexity index is 1300. The van der Waals surface area contributed by atoms with E-state index in [1.165, 1.54) is 11.3 Å². The Hall–Kier alpha value is -3.76. The Labute approximate surface area is 194 Å². The lowest BCUT2D eigenvalue weighted by atomic mass is 9.91. The first-order valence-corrected chi connectivity index (χ1v) is 11.3. The summed E-state index contributed by atoms with van der Waals surface area (Å²) in [7, 11) is 1.70. The van der Waals surface area contributed by atoms with E-state index in [0.717, 1.165) is 16.3 Å². The van der Waals surface area contributed by atoms with Crippen LogP contribution >= 0.6 is 11.3 Å². The highest BCUT2D eigenvalue weighted by Crippen LogP contribution is 2.36. The number of hydrogen-bond acceptors (Lipinski definition) is 9. The van der Waals surface area contributed by atoms with E-state index in [9.17, 15) is 9.90 Å². The van der Waals surface area contributed by atoms with Crippen molar-refractivity contribution >= 4 is 23.2 Å². The fourth-order valence-corrected chi connectivity index (χ4v) is 4.53. The van der Waals surface area contributed by atoms with Crippen LogP contribution in [0.5, 0.6) is 0 Å². The normalized spacial score (nSPS) is 18.0. The van der Waals surface area contributed by atoms with Crippen LogP contribution in [0.1, 0.15) is 17.8 Å². The molecule has 9 nitrogen and oxygen atoms in total. The molecule has 33 heavy (non-hydrogen) atoms. The topological polar surface area (TPSA) is 117 Å². The molecule has 0 bridgehead atoms. The van der Waals surface area contributed by atoms with Gasteiger partial charge >= 0.3 is 0 Å². The van der Waals surface area contributed by atoms with E-state index in [-0.39, 0.29) is 5.91 Å². The minimum absolute atomic E-state index is 0.276. The van der Waals surface area contributed by atoms with Crippen molar-refractivity contribution in [1.29, 1.82) is 0 Å². The molecule has 0 saturated carbocycles. The second-order valence-electron chi connectivity index (χ2n) is 7.74. The van der Waals surface area contributed by atoms with E-state index in [1.807, 2.05) is 23.6 Å². The van der Waals surface area contributed by atoms with Gasteiger partial charge < -0.3 is 15.3 Å². The van der Waals surface area contributed by atoms with E-state index < -0.39 is 5.60 Å². The summed E-state index contributed by atoms with van der Waals surface area (Å²) in [6.45, 7) is 0.942. The molecule has 2 N–H and O–H groups in total. The van der Waals surface area contributed by atoms with Gasteiger partial charge in [0.05, 0.1) is 12.2 Å². The Morgan fingerprint density at radius 2 is 1.94 bits per heavy atom. The quantitative estimate of drug-likeness (QED) is 0.452. The van der Waals surface area contributed by atoms with Gasteiger partial charge in [-0.25, -0.2) is 24.9 Å². The number of nitrogens with one attached hydrogen (secondary N) is 1. The average Bonchev–Trinajstić information content (AvgIpc) is 3.46. The molecule has 1 fully saturated rings. The molecule has 3 aromatic heterocycles. The first-order valence-electron chi connectivity index (χ1n) is 10.4. The van der Waals surface area contributed by atoms with Crippen LogP contribution in [0, 0.1) is 0 Å². The monoisotopic (exact) mass is 459 g/mol. The van der Waals surface area contributed by atoms with Crippen molar-refractivity contribution in [3.8, 4) is 22.0 Å². The molecule has 10 heteroatoms. The van der Waals surface area contributed by atoms with E-state index in [2.05, 4.69) is 25.3 Å². The predicted octanol–water partition coefficient (Wildman–Crippen LogP) is 2.72. The molecule has 1 aliphatic rings. The van der Waals surface area contributed by atoms with E-state index in [1.54, 1.807) is 48.7 Å². The zero-order chi connectivity index (χ0) is 22.8. The van der Waals surface area contributed by atoms with Gasteiger partial charge in [0.1, 0.15) is 16.5 Å². The summed E-state index contributed by atoms with van der Waals surface area (Å²) in [6.07, 6.45) is 5.42. The molecule has 5 rings (SSSR count). The van der Waals surface area contributed by atoms with Gasteiger partial charge in [0.15, 0.2) is 5.60 Å². The molecule has 1 aliphatic heterocycles. The highest BCUT2D eigenvalue weighted by Gasteiger charge is 2.45. The highest BCUT2D eigenvalue weighted by molar-refractivity contribution is 7.13. The van der Waals surface area contributed by atoms with Crippen molar-refractivity contribution < 1.29 is 9.90 Å². The maximum absolute atomic E-state index is 12.5. The van der Waals surface area contributed by atoms with Crippen molar-refractivity contribution in [3.63, 3.8) is 0 Å². The molecule has 1 saturated heterocycles. The summed E-state index contributed by atoms with van der Waals surface area (Å²) < 4.78 is 0. The largest absolute Gasteiger partial charge is 0.375 e. The van der Waals surface area contributed by atoms with Crippen LogP contribution in [-0.4, -0.2) is 54.4 Å². The number of nitrogens with zero attached hydrogens (tertiary/aromatic N) is 6. The lowest BCUT2D eigenvalue weighted by Gasteiger charge is -2.21. The van der Waals surface area contributed by atoms with E-state index in [4.69, 9.17) is 4.98 Å². The maximum atomic E-state index is 12.5. The number of aromatic nitrogens is 5. The SMILES string of the molecule is CN1CCC(O)(c2cccc(-c3nc(-c4ccnc(NCc5ncccn5)n4)cs3)c2)C1=O. The third kappa shape index (κ3) is 4.18. The molecule has 4 aromatic rings. The third-order valence-electron chi connectivity index (χ3n) is 5.54. The number of benzene rings is 1. The number of carbonyl (C=O) groups is 1. The van der Waals surface area contributed by atoms with Gasteiger partial charge in [-0.1, -0.05) is 18.2 Å². The van der Waals surface area contributed by atoms with Crippen LogP contribution in [0.4, 0.5) is 5.95 Å². The molecule has 0 radical (unpaired) electrons. The van der Waals surface area contributed by atoms with E-state index >= 15 is 0 Å². The van der Waals surface area contributed by atoms with Crippen LogP contribution in [0.15, 0.2) is 60.4 Å². The van der Waals surface area contributed by atoms with Crippen LogP contribution < -0.4 is 5.32 Å². The summed E-state index contributed by atoms with van der Waals surface area (Å²) in [5.74, 6) is 0.833. The molecule has 1 unspecified atom stereocenters. The number of thiazole rings is 1. The minimum atomic E-state index is -1.49. The first-order chi connectivity index (χ1) is 16.0. The van der Waals surface area contributed by atoms with Gasteiger partial charge in [-0.2, -0.15) is 0 Å². The third-order valence-corrected chi connectivity index (χ3v) is 6.43. The molecule has 1 aromatic carbocycles. The molecule has 1 amide bonds. The molecular weight excluding hydrogens is 438 g/mol. The number of amides is 1. The fraction of sp³-hybridized carbons (Fsp3) is 0.217. The number of likely N-dealkylation sites (tertiary alicyclic amines) is 1. The van der Waals surface area contributed by atoms with Gasteiger partial charge in [0, 0.05) is 49.5 Å². The van der Waals surface area contributed by atoms with Crippen LogP contribution in [0.25, 0.3) is 22.0 Å². The first kappa shape index (κ1) is 21.1. The Morgan fingerprint density at radius 1 is 1.09 bits per heavy atom. The molecular formula is C23H21N7O2S. The summed E-state index contributed by atoms with van der Waals surface area (Å²) in [6, 6.07) is 11.0. The van der Waals surface area contributed by atoms with Crippen molar-refractivity contribution in [1.82, 2.24) is 29.8 Å². The number of carbonyl (C=O) groups excluding carboxylic acids is 1. The summed E-state index contributed by atoms with van der Waals surface area (Å²) in [5, 5.41) is 16.8. The van der Waals surface area contributed by atoms with Gasteiger partial charge in [0.25, 0.3) is 5.91 Å². The van der Waals surface area contributed by atoms with Gasteiger partial charge in [0.2, 0.25) is 5.95 Å². The molecule has 0 spiro atoms. The number of anilines is 1. The minimum Gasteiger partial charge on any atom is -0.375 e. The maximum Gasteiger partial charge on any atom is 0.258 e. The summed E-state index contributed by atoms with van der Waals surface area (Å²) in [4.78, 5) is 35.9. The standard InChI is InChI=1S/C23H21N7O2S/c1-30-11-7-23(32,21(30)31)16-5-2-4-15(12-16)20-28-18(14-33-20)17-6-10-26-22(29-17)27-13-19-24-8-3-9-25-19/h2-6,8-10,12,14,32H,7,11,13H2,1H3,(H,26,27,29). The second kappa shape index (κ2) is 8.64. The van der Waals surface area contributed by atoms with E-state index in [0.29, 0.717) is 42.5 Å². The van der Waals surface area contributed by atoms with Crippen molar-refractivity contribution in [2.75, 3.05) is 18.9 Å². The van der Waals surface area contributed by atoms with Gasteiger partial charge in [-0.05, 0) is 23.8 Å². The van der Waals surface area contributed by atoms with Gasteiger partial charge in [-0.3, -0.25) is 4.79 Å². The highest BCUT2D eigenvalue weighted by atomic mass is 32.1. The fourth-order valence-electron chi connectivity index (χ4n) is 3.72. The van der Waals surface area contributed by atoms with Crippen molar-refractivity contribution in [2.45, 2.75) is 18.6 Å². The zero-order valence-electron chi connectivity index (χ0n) is 17.8. The lowest BCUT2D eigenvalue weighted by Crippen LogP contribution is -2.36. The van der Waals surface area contributed by atoms with Crippen molar-refractivity contribution in [2.24, 2.45) is 0 Å². The zero-order valence-corrected chi connectivity index (χ0v) is 18.7. The second-order valence-corrected chi connectivity index (χ2v) is 8.60. The Morgan fingerprint density at radius 3 is 2.73 bits per heavy atom. The molecule has 4 heterocycles. The van der Waals surface area contributed by atoms with Crippen LogP contribution in [0.3, 0.4) is 0 Å². The number of aliphatic hydroxyl groups is 1. The Kier molecular flexibility index (Phi) is 5.53. The van der Waals surface area contributed by atoms with Crippen LogP contribution in [-0.2, 0) is 16.9 Å². The smallest absolute Gasteiger partial charge is 0.258 e. The Balaban J connectivity index is 1.36. The van der Waals surface area contributed by atoms with Crippen molar-refractivity contribution in [3.05, 3.63) is 71.8 Å². The number of hydrogen-bond donors (Lipinski definition) is 2. The van der Waals surface area contributed by atoms with Gasteiger partial charge in [-0.15, -0.1) is 11.3 Å². The average molecular weight is 460 g/mol. The summed E-state index contributed by atoms with van der Waals surface area (Å²) in [5.41, 5.74) is 1.35. The molecule has 0 aliphatic carbocycles. The lowest BCUT2D eigenvalue weighted by molar-refractivity contribution is -0.143. The predicted molar refractivity (Wildman–Crippen MR) is 124 cm³/mol. The molecule has 1 atom stereocenters. The summed E-state index contributed by atoms with van der Waals surface area (Å²) >= 11 is 1.48. The number of likely N-dealkylation sites (N-methyl/N-ethyl adjacent to an activating group) is 1. The molecule has 166 valence electrons. The number of rotatable bonds is 6.